The van der Waals surface area contributed by atoms with E-state index in [9.17, 15) is 5.11 Å². The number of halogens is 2. The summed E-state index contributed by atoms with van der Waals surface area (Å²) in [6, 6.07) is 10.4. The van der Waals surface area contributed by atoms with Gasteiger partial charge in [-0.1, -0.05) is 23.7 Å². The molecular formula is C15H14Cl2O3. The molecule has 0 amide bonds. The standard InChI is InChI=1S/C15H14Cl2O3/c1-19-14-7-11(8-16)6-13(17)15(14)20-9-10-3-2-4-12(18)5-10/h2-7,18H,8-9H2,1H3. The Labute approximate surface area is 127 Å². The average Bonchev–Trinajstić information content (AvgIpc) is 2.45. The molecule has 20 heavy (non-hydrogen) atoms. The van der Waals surface area contributed by atoms with E-state index >= 15 is 0 Å². The first kappa shape index (κ1) is 14.8. The summed E-state index contributed by atoms with van der Waals surface area (Å²) in [5.74, 6) is 1.55. The zero-order chi connectivity index (χ0) is 14.5. The van der Waals surface area contributed by atoms with Gasteiger partial charge < -0.3 is 14.6 Å². The number of methoxy groups -OCH3 is 1. The molecule has 0 bridgehead atoms. The van der Waals surface area contributed by atoms with Gasteiger partial charge in [-0.3, -0.25) is 0 Å². The molecule has 0 heterocycles. The number of phenols is 1. The van der Waals surface area contributed by atoms with Crippen molar-refractivity contribution in [1.29, 1.82) is 0 Å². The van der Waals surface area contributed by atoms with Gasteiger partial charge in [-0.2, -0.15) is 0 Å². The Hall–Kier alpha value is -1.58. The molecule has 0 atom stereocenters. The van der Waals surface area contributed by atoms with Crippen molar-refractivity contribution in [3.63, 3.8) is 0 Å². The largest absolute Gasteiger partial charge is 0.508 e. The van der Waals surface area contributed by atoms with E-state index < -0.39 is 0 Å². The zero-order valence-corrected chi connectivity index (χ0v) is 12.4. The summed E-state index contributed by atoms with van der Waals surface area (Å²) in [7, 11) is 1.55. The molecule has 0 aliphatic carbocycles. The fourth-order valence-electron chi connectivity index (χ4n) is 1.79. The number of phenolic OH excluding ortho intramolecular Hbond substituents is 1. The van der Waals surface area contributed by atoms with Crippen LogP contribution >= 0.6 is 23.2 Å². The van der Waals surface area contributed by atoms with Crippen LogP contribution in [-0.4, -0.2) is 12.2 Å². The second-order valence-electron chi connectivity index (χ2n) is 4.20. The van der Waals surface area contributed by atoms with Gasteiger partial charge >= 0.3 is 0 Å². The Kier molecular flexibility index (Phi) is 4.99. The number of benzene rings is 2. The molecule has 2 aromatic rings. The van der Waals surface area contributed by atoms with Crippen LogP contribution in [0.2, 0.25) is 5.02 Å². The second-order valence-corrected chi connectivity index (χ2v) is 4.88. The molecule has 0 saturated heterocycles. The predicted octanol–water partition coefficient (Wildman–Crippen LogP) is 4.37. The lowest BCUT2D eigenvalue weighted by Crippen LogP contribution is -1.99. The molecule has 0 radical (unpaired) electrons. The van der Waals surface area contributed by atoms with Crippen molar-refractivity contribution < 1.29 is 14.6 Å². The van der Waals surface area contributed by atoms with Crippen LogP contribution in [0.1, 0.15) is 11.1 Å². The van der Waals surface area contributed by atoms with Crippen molar-refractivity contribution in [1.82, 2.24) is 0 Å². The molecule has 2 rings (SSSR count). The predicted molar refractivity (Wildman–Crippen MR) is 80.0 cm³/mol. The lowest BCUT2D eigenvalue weighted by atomic mass is 10.2. The molecule has 1 N–H and O–H groups in total. The van der Waals surface area contributed by atoms with Crippen molar-refractivity contribution in [2.75, 3.05) is 7.11 Å². The van der Waals surface area contributed by atoms with Crippen LogP contribution in [0, 0.1) is 0 Å². The highest BCUT2D eigenvalue weighted by atomic mass is 35.5. The SMILES string of the molecule is COc1cc(CCl)cc(Cl)c1OCc1cccc(O)c1. The van der Waals surface area contributed by atoms with E-state index in [1.54, 1.807) is 37.4 Å². The van der Waals surface area contributed by atoms with Gasteiger partial charge in [-0.15, -0.1) is 11.6 Å². The fourth-order valence-corrected chi connectivity index (χ4v) is 2.23. The first-order chi connectivity index (χ1) is 9.63. The van der Waals surface area contributed by atoms with Crippen LogP contribution in [-0.2, 0) is 12.5 Å². The smallest absolute Gasteiger partial charge is 0.180 e. The summed E-state index contributed by atoms with van der Waals surface area (Å²) in [4.78, 5) is 0. The van der Waals surface area contributed by atoms with Crippen molar-refractivity contribution in [2.24, 2.45) is 0 Å². The van der Waals surface area contributed by atoms with Gasteiger partial charge in [0, 0.05) is 5.88 Å². The van der Waals surface area contributed by atoms with Gasteiger partial charge in [0.25, 0.3) is 0 Å². The van der Waals surface area contributed by atoms with Crippen molar-refractivity contribution in [3.05, 3.63) is 52.5 Å². The van der Waals surface area contributed by atoms with Crippen molar-refractivity contribution >= 4 is 23.2 Å². The van der Waals surface area contributed by atoms with Crippen molar-refractivity contribution in [3.8, 4) is 17.2 Å². The maximum absolute atomic E-state index is 9.41. The van der Waals surface area contributed by atoms with E-state index in [-0.39, 0.29) is 12.4 Å². The molecule has 0 unspecified atom stereocenters. The highest BCUT2D eigenvalue weighted by Crippen LogP contribution is 2.37. The molecule has 0 spiro atoms. The summed E-state index contributed by atoms with van der Waals surface area (Å²) >= 11 is 12.0. The molecule has 5 heteroatoms. The van der Waals surface area contributed by atoms with Crippen LogP contribution in [0.25, 0.3) is 0 Å². The molecule has 3 nitrogen and oxygen atoms in total. The van der Waals surface area contributed by atoms with Crippen LogP contribution < -0.4 is 9.47 Å². The minimum atomic E-state index is 0.196. The van der Waals surface area contributed by atoms with Crippen LogP contribution in [0.4, 0.5) is 0 Å². The average molecular weight is 313 g/mol. The Morgan fingerprint density at radius 2 is 1.95 bits per heavy atom. The molecule has 0 aromatic heterocycles. The molecule has 106 valence electrons. The van der Waals surface area contributed by atoms with E-state index in [0.717, 1.165) is 11.1 Å². The van der Waals surface area contributed by atoms with Gasteiger partial charge in [-0.05, 0) is 35.4 Å². The Morgan fingerprint density at radius 3 is 2.60 bits per heavy atom. The van der Waals surface area contributed by atoms with Gasteiger partial charge in [0.1, 0.15) is 12.4 Å². The Balaban J connectivity index is 2.20. The zero-order valence-electron chi connectivity index (χ0n) is 10.9. The Morgan fingerprint density at radius 1 is 1.15 bits per heavy atom. The molecule has 0 fully saturated rings. The van der Waals surface area contributed by atoms with Gasteiger partial charge in [-0.25, -0.2) is 0 Å². The number of aromatic hydroxyl groups is 1. The molecule has 2 aromatic carbocycles. The van der Waals surface area contributed by atoms with Crippen LogP contribution in [0.15, 0.2) is 36.4 Å². The van der Waals surface area contributed by atoms with E-state index in [4.69, 9.17) is 32.7 Å². The van der Waals surface area contributed by atoms with Crippen LogP contribution in [0.3, 0.4) is 0 Å². The molecule has 0 aliphatic rings. The lowest BCUT2D eigenvalue weighted by molar-refractivity contribution is 0.284. The molecular weight excluding hydrogens is 299 g/mol. The Bertz CT molecular complexity index is 600. The first-order valence-electron chi connectivity index (χ1n) is 5.97. The second kappa shape index (κ2) is 6.73. The highest BCUT2D eigenvalue weighted by Gasteiger charge is 2.12. The van der Waals surface area contributed by atoms with E-state index in [1.165, 1.54) is 0 Å². The number of hydrogen-bond acceptors (Lipinski definition) is 3. The quantitative estimate of drug-likeness (QED) is 0.833. The van der Waals surface area contributed by atoms with Gasteiger partial charge in [0.2, 0.25) is 0 Å². The first-order valence-corrected chi connectivity index (χ1v) is 6.88. The fraction of sp³-hybridized carbons (Fsp3) is 0.200. The van der Waals surface area contributed by atoms with E-state index in [0.29, 0.717) is 22.4 Å². The minimum absolute atomic E-state index is 0.196. The summed E-state index contributed by atoms with van der Waals surface area (Å²) in [6.45, 7) is 0.282. The van der Waals surface area contributed by atoms with E-state index in [2.05, 4.69) is 0 Å². The van der Waals surface area contributed by atoms with Gasteiger partial charge in [0.15, 0.2) is 11.5 Å². The summed E-state index contributed by atoms with van der Waals surface area (Å²) in [6.07, 6.45) is 0. The monoisotopic (exact) mass is 312 g/mol. The summed E-state index contributed by atoms with van der Waals surface area (Å²) in [5, 5.41) is 9.86. The maximum atomic E-state index is 9.41. The van der Waals surface area contributed by atoms with Gasteiger partial charge in [0.05, 0.1) is 12.1 Å². The number of alkyl halides is 1. The van der Waals surface area contributed by atoms with Crippen LogP contribution in [0.5, 0.6) is 17.2 Å². The van der Waals surface area contributed by atoms with Crippen molar-refractivity contribution in [2.45, 2.75) is 12.5 Å². The van der Waals surface area contributed by atoms with E-state index in [1.807, 2.05) is 6.07 Å². The third-order valence-corrected chi connectivity index (χ3v) is 3.33. The summed E-state index contributed by atoms with van der Waals surface area (Å²) in [5.41, 5.74) is 1.70. The number of rotatable bonds is 5. The normalized spacial score (nSPS) is 10.3. The third kappa shape index (κ3) is 3.50. The maximum Gasteiger partial charge on any atom is 0.180 e. The topological polar surface area (TPSA) is 38.7 Å². The highest BCUT2D eigenvalue weighted by molar-refractivity contribution is 6.32. The molecule has 0 saturated carbocycles. The summed E-state index contributed by atoms with van der Waals surface area (Å²) < 4.78 is 11.0. The number of ether oxygens (including phenoxy) is 2. The molecule has 0 aliphatic heterocycles. The number of hydrogen-bond donors (Lipinski definition) is 1. The third-order valence-electron chi connectivity index (χ3n) is 2.74. The minimum Gasteiger partial charge on any atom is -0.508 e. The lowest BCUT2D eigenvalue weighted by Gasteiger charge is -2.13.